The van der Waals surface area contributed by atoms with Crippen molar-refractivity contribution in [3.63, 3.8) is 0 Å². The molecule has 0 radical (unpaired) electrons. The fourth-order valence-electron chi connectivity index (χ4n) is 0.418. The van der Waals surface area contributed by atoms with Gasteiger partial charge in [-0.15, -0.1) is 11.8 Å². The van der Waals surface area contributed by atoms with Gasteiger partial charge in [0.2, 0.25) is 0 Å². The molecule has 3 heteroatoms. The lowest BCUT2D eigenvalue weighted by atomic mass is 10.7. The van der Waals surface area contributed by atoms with Crippen LogP contribution in [0.25, 0.3) is 0 Å². The highest BCUT2D eigenvalue weighted by molar-refractivity contribution is 8.02. The lowest BCUT2D eigenvalue weighted by Gasteiger charge is -1.98. The van der Waals surface area contributed by atoms with Crippen molar-refractivity contribution in [3.8, 4) is 0 Å². The van der Waals surface area contributed by atoms with Gasteiger partial charge in [0.15, 0.2) is 0 Å². The van der Waals surface area contributed by atoms with Gasteiger partial charge in [0, 0.05) is 24.6 Å². The molecule has 9 heavy (non-hydrogen) atoms. The second-order valence-electron chi connectivity index (χ2n) is 1.51. The molecule has 0 atom stereocenters. The minimum atomic E-state index is 0.915. The molecule has 0 rings (SSSR count). The van der Waals surface area contributed by atoms with Crippen LogP contribution >= 0.6 is 24.4 Å². The minimum Gasteiger partial charge on any atom is -0.315 e. The molecular formula is C6H13NS2. The van der Waals surface area contributed by atoms with Gasteiger partial charge in [-0.25, -0.2) is 0 Å². The Hall–Kier alpha value is 0.400. The number of hydrogen-bond donors (Lipinski definition) is 2. The quantitative estimate of drug-likeness (QED) is 0.453. The van der Waals surface area contributed by atoms with E-state index in [0.29, 0.717) is 0 Å². The summed E-state index contributed by atoms with van der Waals surface area (Å²) >= 11 is 5.79. The lowest BCUT2D eigenvalue weighted by molar-refractivity contribution is 0.776. The van der Waals surface area contributed by atoms with E-state index in [9.17, 15) is 0 Å². The lowest BCUT2D eigenvalue weighted by Crippen LogP contribution is -2.19. The second-order valence-corrected chi connectivity index (χ2v) is 3.03. The van der Waals surface area contributed by atoms with Crippen LogP contribution in [0.15, 0.2) is 12.0 Å². The molecule has 54 valence electrons. The average molecular weight is 163 g/mol. The van der Waals surface area contributed by atoms with Crippen molar-refractivity contribution in [2.75, 3.05) is 24.6 Å². The van der Waals surface area contributed by atoms with Gasteiger partial charge in [-0.3, -0.25) is 0 Å². The molecule has 0 bridgehead atoms. The zero-order valence-electron chi connectivity index (χ0n) is 5.47. The number of thiol groups is 1. The Bertz CT molecular complexity index is 66.1. The van der Waals surface area contributed by atoms with Gasteiger partial charge in [-0.2, -0.15) is 12.6 Å². The van der Waals surface area contributed by atoms with Crippen molar-refractivity contribution in [1.29, 1.82) is 0 Å². The summed E-state index contributed by atoms with van der Waals surface area (Å²) in [6.07, 6.45) is 0. The summed E-state index contributed by atoms with van der Waals surface area (Å²) in [6.45, 7) is 5.65. The summed E-state index contributed by atoms with van der Waals surface area (Å²) in [5, 5.41) is 5.09. The van der Waals surface area contributed by atoms with E-state index >= 15 is 0 Å². The smallest absolute Gasteiger partial charge is 0.00994 e. The van der Waals surface area contributed by atoms with Crippen molar-refractivity contribution < 1.29 is 0 Å². The molecule has 0 aliphatic rings. The number of hydrogen-bond acceptors (Lipinski definition) is 3. The van der Waals surface area contributed by atoms with Crippen molar-refractivity contribution in [2.24, 2.45) is 0 Å². The Kier molecular flexibility index (Phi) is 8.77. The molecule has 0 aliphatic carbocycles. The predicted octanol–water partition coefficient (Wildman–Crippen LogP) is 1.38. The molecule has 0 unspecified atom stereocenters. The summed E-state index contributed by atoms with van der Waals surface area (Å²) in [5.41, 5.74) is 0. The molecule has 0 fully saturated rings. The zero-order valence-corrected chi connectivity index (χ0v) is 7.18. The Morgan fingerprint density at radius 1 is 1.56 bits per heavy atom. The van der Waals surface area contributed by atoms with E-state index in [0.717, 1.165) is 24.6 Å². The Morgan fingerprint density at radius 2 is 2.33 bits per heavy atom. The first-order valence-electron chi connectivity index (χ1n) is 2.96. The van der Waals surface area contributed by atoms with Gasteiger partial charge in [0.05, 0.1) is 0 Å². The van der Waals surface area contributed by atoms with Crippen LogP contribution in [0.2, 0.25) is 0 Å². The van der Waals surface area contributed by atoms with Crippen LogP contribution in [-0.4, -0.2) is 24.6 Å². The molecular weight excluding hydrogens is 150 g/mol. The highest BCUT2D eigenvalue weighted by atomic mass is 32.2. The van der Waals surface area contributed by atoms with Crippen LogP contribution in [-0.2, 0) is 0 Å². The van der Waals surface area contributed by atoms with E-state index in [1.165, 1.54) is 0 Å². The summed E-state index contributed by atoms with van der Waals surface area (Å²) in [5.74, 6) is 2.02. The van der Waals surface area contributed by atoms with Crippen molar-refractivity contribution in [1.82, 2.24) is 5.32 Å². The van der Waals surface area contributed by atoms with Crippen LogP contribution in [0.5, 0.6) is 0 Å². The molecule has 0 heterocycles. The van der Waals surface area contributed by atoms with Gasteiger partial charge < -0.3 is 5.32 Å². The third kappa shape index (κ3) is 8.40. The topological polar surface area (TPSA) is 12.0 Å². The molecule has 0 amide bonds. The normalized spacial score (nSPS) is 9.44. The molecule has 0 aromatic heterocycles. The van der Waals surface area contributed by atoms with Crippen LogP contribution < -0.4 is 5.32 Å². The van der Waals surface area contributed by atoms with Crippen LogP contribution in [0.1, 0.15) is 0 Å². The summed E-state index contributed by atoms with van der Waals surface area (Å²) < 4.78 is 0. The second kappa shape index (κ2) is 8.40. The molecule has 1 nitrogen and oxygen atoms in total. The van der Waals surface area contributed by atoms with Gasteiger partial charge in [0.1, 0.15) is 0 Å². The SMILES string of the molecule is C=CSCCNCCS. The number of thioether (sulfide) groups is 1. The first-order valence-corrected chi connectivity index (χ1v) is 4.64. The van der Waals surface area contributed by atoms with Gasteiger partial charge in [-0.1, -0.05) is 6.58 Å². The standard InChI is InChI=1S/C6H13NS2/c1-2-9-6-4-7-3-5-8/h2,7-8H,1,3-6H2. The van der Waals surface area contributed by atoms with Gasteiger partial charge in [-0.05, 0) is 5.41 Å². The molecule has 1 N–H and O–H groups in total. The molecule has 0 aliphatic heterocycles. The van der Waals surface area contributed by atoms with Gasteiger partial charge >= 0.3 is 0 Å². The monoisotopic (exact) mass is 163 g/mol. The fourth-order valence-corrected chi connectivity index (χ4v) is 1.01. The molecule has 0 spiro atoms. The van der Waals surface area contributed by atoms with E-state index in [-0.39, 0.29) is 0 Å². The maximum atomic E-state index is 4.06. The van der Waals surface area contributed by atoms with E-state index < -0.39 is 0 Å². The highest BCUT2D eigenvalue weighted by Gasteiger charge is 1.82. The minimum absolute atomic E-state index is 0.915. The number of nitrogens with one attached hydrogen (secondary N) is 1. The third-order valence-corrected chi connectivity index (χ3v) is 1.70. The third-order valence-electron chi connectivity index (χ3n) is 0.803. The maximum absolute atomic E-state index is 4.06. The average Bonchev–Trinajstić information content (AvgIpc) is 1.89. The van der Waals surface area contributed by atoms with E-state index in [4.69, 9.17) is 0 Å². The Morgan fingerprint density at radius 3 is 2.89 bits per heavy atom. The summed E-state index contributed by atoms with van der Waals surface area (Å²) in [6, 6.07) is 0. The maximum Gasteiger partial charge on any atom is 0.00994 e. The van der Waals surface area contributed by atoms with Crippen molar-refractivity contribution in [3.05, 3.63) is 12.0 Å². The van der Waals surface area contributed by atoms with Crippen molar-refractivity contribution >= 4 is 24.4 Å². The van der Waals surface area contributed by atoms with Crippen LogP contribution in [0.4, 0.5) is 0 Å². The largest absolute Gasteiger partial charge is 0.315 e. The van der Waals surface area contributed by atoms with E-state index in [1.54, 1.807) is 11.8 Å². The molecule has 0 saturated carbocycles. The first kappa shape index (κ1) is 9.40. The zero-order chi connectivity index (χ0) is 6.95. The number of rotatable bonds is 6. The van der Waals surface area contributed by atoms with E-state index in [1.807, 2.05) is 5.41 Å². The predicted molar refractivity (Wildman–Crippen MR) is 49.4 cm³/mol. The summed E-state index contributed by atoms with van der Waals surface area (Å²) in [4.78, 5) is 0. The molecule has 0 saturated heterocycles. The Labute approximate surface area is 66.7 Å². The van der Waals surface area contributed by atoms with E-state index in [2.05, 4.69) is 24.5 Å². The highest BCUT2D eigenvalue weighted by Crippen LogP contribution is 1.96. The van der Waals surface area contributed by atoms with Crippen LogP contribution in [0.3, 0.4) is 0 Å². The molecule has 0 aromatic rings. The van der Waals surface area contributed by atoms with Gasteiger partial charge in [0.25, 0.3) is 0 Å². The fraction of sp³-hybridized carbons (Fsp3) is 0.667. The Balaban J connectivity index is 2.66. The van der Waals surface area contributed by atoms with Crippen molar-refractivity contribution in [2.45, 2.75) is 0 Å². The molecule has 0 aromatic carbocycles. The first-order chi connectivity index (χ1) is 4.41. The van der Waals surface area contributed by atoms with Crippen LogP contribution in [0, 0.1) is 0 Å². The summed E-state index contributed by atoms with van der Waals surface area (Å²) in [7, 11) is 0.